The minimum Gasteiger partial charge on any atom is -0.494 e. The molecule has 0 fully saturated rings. The zero-order valence-electron chi connectivity index (χ0n) is 15.1. The van der Waals surface area contributed by atoms with E-state index in [1.807, 2.05) is 32.3 Å². The van der Waals surface area contributed by atoms with Crippen LogP contribution in [0.2, 0.25) is 0 Å². The summed E-state index contributed by atoms with van der Waals surface area (Å²) in [5.74, 6) is 1.76. The van der Waals surface area contributed by atoms with Crippen LogP contribution in [0, 0.1) is 0 Å². The summed E-state index contributed by atoms with van der Waals surface area (Å²) in [4.78, 5) is 4.52. The number of nitrogens with zero attached hydrogens (tertiary/aromatic N) is 2. The Bertz CT molecular complexity index is 804. The van der Waals surface area contributed by atoms with E-state index < -0.39 is 0 Å². The Kier molecular flexibility index (Phi) is 5.39. The molecule has 0 radical (unpaired) electrons. The van der Waals surface area contributed by atoms with Gasteiger partial charge in [-0.15, -0.1) is 0 Å². The average Bonchev–Trinajstić information content (AvgIpc) is 3.02. The molecule has 3 aromatic rings. The van der Waals surface area contributed by atoms with Crippen molar-refractivity contribution in [2.24, 2.45) is 7.05 Å². The first-order valence-corrected chi connectivity index (χ1v) is 8.78. The third-order valence-electron chi connectivity index (χ3n) is 4.33. The van der Waals surface area contributed by atoms with Gasteiger partial charge in [0.25, 0.3) is 0 Å². The monoisotopic (exact) mass is 335 g/mol. The molecular formula is C21H25N3O. The van der Waals surface area contributed by atoms with Gasteiger partial charge in [-0.25, -0.2) is 4.98 Å². The highest BCUT2D eigenvalue weighted by Gasteiger charge is 2.08. The van der Waals surface area contributed by atoms with Crippen LogP contribution in [0.3, 0.4) is 0 Å². The Labute approximate surface area is 149 Å². The topological polar surface area (TPSA) is 39.1 Å². The van der Waals surface area contributed by atoms with Gasteiger partial charge in [0.15, 0.2) is 0 Å². The molecule has 25 heavy (non-hydrogen) atoms. The van der Waals surface area contributed by atoms with Crippen molar-refractivity contribution in [3.05, 3.63) is 65.9 Å². The molecule has 130 valence electrons. The lowest BCUT2D eigenvalue weighted by molar-refractivity contribution is 0.340. The number of nitrogens with one attached hydrogen (secondary N) is 1. The fourth-order valence-electron chi connectivity index (χ4n) is 2.80. The molecule has 2 aromatic carbocycles. The summed E-state index contributed by atoms with van der Waals surface area (Å²) >= 11 is 0. The van der Waals surface area contributed by atoms with Crippen LogP contribution in [0.25, 0.3) is 11.3 Å². The summed E-state index contributed by atoms with van der Waals surface area (Å²) in [7, 11) is 2.03. The largest absolute Gasteiger partial charge is 0.494 e. The van der Waals surface area contributed by atoms with E-state index in [-0.39, 0.29) is 0 Å². The van der Waals surface area contributed by atoms with Crippen molar-refractivity contribution in [1.29, 1.82) is 0 Å². The van der Waals surface area contributed by atoms with Crippen LogP contribution in [0.4, 0.5) is 5.95 Å². The van der Waals surface area contributed by atoms with Gasteiger partial charge in [0.05, 0.1) is 18.5 Å². The van der Waals surface area contributed by atoms with E-state index in [0.717, 1.165) is 35.9 Å². The van der Waals surface area contributed by atoms with Gasteiger partial charge in [0, 0.05) is 19.2 Å². The van der Waals surface area contributed by atoms with Crippen LogP contribution < -0.4 is 10.1 Å². The lowest BCUT2D eigenvalue weighted by Gasteiger charge is -2.09. The second-order valence-corrected chi connectivity index (χ2v) is 6.01. The highest BCUT2D eigenvalue weighted by molar-refractivity contribution is 5.62. The number of anilines is 1. The molecule has 0 bridgehead atoms. The Morgan fingerprint density at radius 1 is 0.960 bits per heavy atom. The number of ether oxygens (including phenoxy) is 1. The molecule has 1 heterocycles. The minimum absolute atomic E-state index is 0.679. The molecule has 1 N–H and O–H groups in total. The standard InChI is InChI=1S/C21H25N3O/c1-4-16-6-8-17(9-7-16)14-22-21-23-15-20(24(21)3)18-10-12-19(13-11-18)25-5-2/h6-13,15H,4-5,14H2,1-3H3,(H,22,23). The van der Waals surface area contributed by atoms with Gasteiger partial charge < -0.3 is 14.6 Å². The Balaban J connectivity index is 1.69. The highest BCUT2D eigenvalue weighted by atomic mass is 16.5. The van der Waals surface area contributed by atoms with Gasteiger partial charge in [0.1, 0.15) is 5.75 Å². The van der Waals surface area contributed by atoms with E-state index in [4.69, 9.17) is 4.74 Å². The predicted molar refractivity (Wildman–Crippen MR) is 103 cm³/mol. The van der Waals surface area contributed by atoms with Crippen molar-refractivity contribution in [3.8, 4) is 17.0 Å². The number of aryl methyl sites for hydroxylation is 1. The number of imidazole rings is 1. The van der Waals surface area contributed by atoms with Crippen LogP contribution >= 0.6 is 0 Å². The van der Waals surface area contributed by atoms with Gasteiger partial charge >= 0.3 is 0 Å². The van der Waals surface area contributed by atoms with E-state index in [2.05, 4.69) is 58.2 Å². The number of hydrogen-bond donors (Lipinski definition) is 1. The normalized spacial score (nSPS) is 10.7. The molecular weight excluding hydrogens is 310 g/mol. The van der Waals surface area contributed by atoms with Crippen LogP contribution in [0.15, 0.2) is 54.7 Å². The second-order valence-electron chi connectivity index (χ2n) is 6.01. The maximum absolute atomic E-state index is 5.50. The van der Waals surface area contributed by atoms with Crippen molar-refractivity contribution in [1.82, 2.24) is 9.55 Å². The third-order valence-corrected chi connectivity index (χ3v) is 4.33. The fourth-order valence-corrected chi connectivity index (χ4v) is 2.80. The Morgan fingerprint density at radius 2 is 1.64 bits per heavy atom. The Hall–Kier alpha value is -2.75. The smallest absolute Gasteiger partial charge is 0.203 e. The van der Waals surface area contributed by atoms with E-state index in [1.54, 1.807) is 0 Å². The van der Waals surface area contributed by atoms with E-state index in [9.17, 15) is 0 Å². The molecule has 0 aliphatic heterocycles. The first-order valence-electron chi connectivity index (χ1n) is 8.78. The maximum atomic E-state index is 5.50. The van der Waals surface area contributed by atoms with Crippen molar-refractivity contribution in [2.45, 2.75) is 26.8 Å². The molecule has 0 saturated carbocycles. The number of rotatable bonds is 7. The molecule has 1 aromatic heterocycles. The molecule has 4 nitrogen and oxygen atoms in total. The summed E-state index contributed by atoms with van der Waals surface area (Å²) in [6.07, 6.45) is 2.97. The summed E-state index contributed by atoms with van der Waals surface area (Å²) in [6.45, 7) is 5.60. The third kappa shape index (κ3) is 4.02. The van der Waals surface area contributed by atoms with Crippen molar-refractivity contribution >= 4 is 5.95 Å². The van der Waals surface area contributed by atoms with Crippen LogP contribution in [-0.4, -0.2) is 16.2 Å². The molecule has 0 aliphatic rings. The second kappa shape index (κ2) is 7.88. The summed E-state index contributed by atoms with van der Waals surface area (Å²) in [5.41, 5.74) is 4.81. The average molecular weight is 335 g/mol. The number of hydrogen-bond acceptors (Lipinski definition) is 3. The maximum Gasteiger partial charge on any atom is 0.203 e. The van der Waals surface area contributed by atoms with Crippen molar-refractivity contribution < 1.29 is 4.74 Å². The quantitative estimate of drug-likeness (QED) is 0.682. The first-order chi connectivity index (χ1) is 12.2. The van der Waals surface area contributed by atoms with Crippen molar-refractivity contribution in [3.63, 3.8) is 0 Å². The molecule has 0 spiro atoms. The lowest BCUT2D eigenvalue weighted by atomic mass is 10.1. The fraction of sp³-hybridized carbons (Fsp3) is 0.286. The molecule has 3 rings (SSSR count). The van der Waals surface area contributed by atoms with Crippen LogP contribution in [0.5, 0.6) is 5.75 Å². The highest BCUT2D eigenvalue weighted by Crippen LogP contribution is 2.24. The number of benzene rings is 2. The van der Waals surface area contributed by atoms with Crippen LogP contribution in [-0.2, 0) is 20.0 Å². The zero-order valence-corrected chi connectivity index (χ0v) is 15.1. The first kappa shape index (κ1) is 17.1. The Morgan fingerprint density at radius 3 is 2.28 bits per heavy atom. The van der Waals surface area contributed by atoms with Crippen LogP contribution in [0.1, 0.15) is 25.0 Å². The minimum atomic E-state index is 0.679. The zero-order chi connectivity index (χ0) is 17.6. The van der Waals surface area contributed by atoms with E-state index >= 15 is 0 Å². The summed E-state index contributed by atoms with van der Waals surface area (Å²) in [5, 5.41) is 3.42. The summed E-state index contributed by atoms with van der Waals surface area (Å²) < 4.78 is 7.58. The molecule has 0 unspecified atom stereocenters. The molecule has 0 amide bonds. The predicted octanol–water partition coefficient (Wildman–Crippen LogP) is 4.66. The molecule has 4 heteroatoms. The van der Waals surface area contributed by atoms with Gasteiger partial charge in [0.2, 0.25) is 5.95 Å². The molecule has 0 aliphatic carbocycles. The summed E-state index contributed by atoms with van der Waals surface area (Å²) in [6, 6.07) is 16.8. The number of aromatic nitrogens is 2. The van der Waals surface area contributed by atoms with Gasteiger partial charge in [-0.3, -0.25) is 0 Å². The molecule has 0 atom stereocenters. The van der Waals surface area contributed by atoms with Gasteiger partial charge in [-0.05, 0) is 48.7 Å². The van der Waals surface area contributed by atoms with E-state index in [0.29, 0.717) is 6.61 Å². The van der Waals surface area contributed by atoms with Gasteiger partial charge in [-0.2, -0.15) is 0 Å². The lowest BCUT2D eigenvalue weighted by Crippen LogP contribution is -2.05. The van der Waals surface area contributed by atoms with Crippen molar-refractivity contribution in [2.75, 3.05) is 11.9 Å². The van der Waals surface area contributed by atoms with E-state index in [1.165, 1.54) is 11.1 Å². The SMILES string of the molecule is CCOc1ccc(-c2cnc(NCc3ccc(CC)cc3)n2C)cc1. The molecule has 0 saturated heterocycles. The van der Waals surface area contributed by atoms with Gasteiger partial charge in [-0.1, -0.05) is 31.2 Å².